The Kier molecular flexibility index (Phi) is 28.6. The molecule has 1 rings (SSSR count). The van der Waals surface area contributed by atoms with Gasteiger partial charge in [-0.15, -0.1) is 0 Å². The van der Waals surface area contributed by atoms with Crippen molar-refractivity contribution in [1.82, 2.24) is 21.3 Å². The van der Waals surface area contributed by atoms with Crippen molar-refractivity contribution in [3.05, 3.63) is 33.9 Å². The molecular weight excluding hydrogens is 861 g/mol. The SMILES string of the molecule is CC(=O)[C@H](CCCN=C(N)N)NC(=O)[C@H](CCCN=C(N)N)NC(=O)COCCOCCNC(=O)COCCOCCNC(=O)[C@@H](N)CSSc1ccc([N+](=O)[O-])c(C(=O)O)c1. The van der Waals surface area contributed by atoms with E-state index in [-0.39, 0.29) is 121 Å². The van der Waals surface area contributed by atoms with Gasteiger partial charge in [-0.2, -0.15) is 0 Å². The molecule has 62 heavy (non-hydrogen) atoms. The number of nitrogens with two attached hydrogens (primary N) is 5. The second-order valence-corrected chi connectivity index (χ2v) is 15.3. The molecule has 0 aromatic heterocycles. The van der Waals surface area contributed by atoms with Crippen molar-refractivity contribution in [3.8, 4) is 0 Å². The Morgan fingerprint density at radius 1 is 0.774 bits per heavy atom. The lowest BCUT2D eigenvalue weighted by molar-refractivity contribution is -0.385. The maximum absolute atomic E-state index is 13.1. The van der Waals surface area contributed by atoms with Crippen LogP contribution in [0.5, 0.6) is 0 Å². The van der Waals surface area contributed by atoms with Crippen LogP contribution in [0.3, 0.4) is 0 Å². The van der Waals surface area contributed by atoms with Gasteiger partial charge in [0, 0.05) is 42.9 Å². The molecule has 1 aromatic rings. The van der Waals surface area contributed by atoms with Crippen LogP contribution in [0, 0.1) is 10.1 Å². The predicted octanol–water partition coefficient (Wildman–Crippen LogP) is -2.67. The normalized spacial score (nSPS) is 12.2. The first-order chi connectivity index (χ1) is 29.5. The molecular formula is C35H58N12O13S2. The first kappa shape index (κ1) is 54.7. The molecule has 25 nitrogen and oxygen atoms in total. The van der Waals surface area contributed by atoms with Crippen LogP contribution in [-0.4, -0.2) is 160 Å². The highest BCUT2D eigenvalue weighted by Crippen LogP contribution is 2.34. The van der Waals surface area contributed by atoms with Crippen LogP contribution >= 0.6 is 21.6 Å². The molecule has 0 unspecified atom stereocenters. The molecule has 0 aliphatic carbocycles. The smallest absolute Gasteiger partial charge is 0.342 e. The summed E-state index contributed by atoms with van der Waals surface area (Å²) in [6.45, 7) is 2.37. The number of benzene rings is 1. The van der Waals surface area contributed by atoms with Gasteiger partial charge in [0.2, 0.25) is 23.6 Å². The topological polar surface area (TPSA) is 406 Å². The fraction of sp³-hybridized carbons (Fsp3) is 0.600. The lowest BCUT2D eigenvalue weighted by atomic mass is 10.1. The van der Waals surface area contributed by atoms with Crippen LogP contribution in [0.15, 0.2) is 33.1 Å². The lowest BCUT2D eigenvalue weighted by Gasteiger charge is -2.22. The predicted molar refractivity (Wildman–Crippen MR) is 230 cm³/mol. The van der Waals surface area contributed by atoms with Crippen molar-refractivity contribution < 1.29 is 57.7 Å². The maximum atomic E-state index is 13.1. The third-order valence-corrected chi connectivity index (χ3v) is 10.2. The van der Waals surface area contributed by atoms with E-state index in [1.54, 1.807) is 0 Å². The van der Waals surface area contributed by atoms with Crippen molar-refractivity contribution in [3.63, 3.8) is 0 Å². The van der Waals surface area contributed by atoms with Crippen molar-refractivity contribution in [2.75, 3.05) is 84.8 Å². The highest BCUT2D eigenvalue weighted by atomic mass is 33.1. The summed E-state index contributed by atoms with van der Waals surface area (Å²) < 4.78 is 21.4. The molecule has 0 bridgehead atoms. The largest absolute Gasteiger partial charge is 0.477 e. The molecule has 0 saturated heterocycles. The van der Waals surface area contributed by atoms with Gasteiger partial charge in [0.1, 0.15) is 24.8 Å². The van der Waals surface area contributed by atoms with Crippen LogP contribution < -0.4 is 49.9 Å². The first-order valence-electron chi connectivity index (χ1n) is 19.1. The molecule has 0 radical (unpaired) electrons. The zero-order valence-corrected chi connectivity index (χ0v) is 36.0. The molecule has 3 atom stereocenters. The average molecular weight is 919 g/mol. The summed E-state index contributed by atoms with van der Waals surface area (Å²) in [6, 6.07) is 1.03. The second-order valence-electron chi connectivity index (χ2n) is 12.9. The Hall–Kier alpha value is -5.32. The fourth-order valence-corrected chi connectivity index (χ4v) is 6.93. The van der Waals surface area contributed by atoms with E-state index in [1.807, 2.05) is 0 Å². The van der Waals surface area contributed by atoms with Gasteiger partial charge in [-0.3, -0.25) is 44.1 Å². The minimum absolute atomic E-state index is 0.0487. The number of nitro benzene ring substituents is 1. The zero-order chi connectivity index (χ0) is 46.3. The molecule has 1 aromatic carbocycles. The summed E-state index contributed by atoms with van der Waals surface area (Å²) in [5.41, 5.74) is 26.3. The van der Waals surface area contributed by atoms with E-state index >= 15 is 0 Å². The molecule has 0 aliphatic heterocycles. The molecule has 15 N–H and O–H groups in total. The first-order valence-corrected chi connectivity index (χ1v) is 21.5. The average Bonchev–Trinajstić information content (AvgIpc) is 3.21. The Labute approximate surface area is 365 Å². The second kappa shape index (κ2) is 32.4. The summed E-state index contributed by atoms with van der Waals surface area (Å²) in [6.07, 6.45) is 1.27. The monoisotopic (exact) mass is 918 g/mol. The number of hydrogen-bond acceptors (Lipinski definition) is 17. The number of nitro groups is 1. The van der Waals surface area contributed by atoms with Crippen molar-refractivity contribution in [1.29, 1.82) is 0 Å². The van der Waals surface area contributed by atoms with Gasteiger partial charge in [-0.25, -0.2) is 4.79 Å². The van der Waals surface area contributed by atoms with E-state index in [1.165, 1.54) is 29.9 Å². The number of nitrogens with zero attached hydrogens (tertiary/aromatic N) is 3. The molecule has 0 fully saturated rings. The number of carboxylic acids is 1. The van der Waals surface area contributed by atoms with E-state index < -0.39 is 58.0 Å². The number of aromatic carboxylic acids is 1. The third kappa shape index (κ3) is 26.1. The molecule has 0 spiro atoms. The molecule has 0 heterocycles. The van der Waals surface area contributed by atoms with E-state index in [4.69, 9.17) is 47.6 Å². The summed E-state index contributed by atoms with van der Waals surface area (Å²) in [5.74, 6) is -3.66. The quantitative estimate of drug-likeness (QED) is 0.00828. The molecule has 348 valence electrons. The van der Waals surface area contributed by atoms with Gasteiger partial charge >= 0.3 is 5.97 Å². The van der Waals surface area contributed by atoms with E-state index in [2.05, 4.69) is 31.3 Å². The van der Waals surface area contributed by atoms with Gasteiger partial charge in [-0.05, 0) is 44.7 Å². The number of amides is 4. The van der Waals surface area contributed by atoms with E-state index in [9.17, 15) is 44.0 Å². The van der Waals surface area contributed by atoms with E-state index in [0.717, 1.165) is 16.9 Å². The number of Topliss-reactive ketones (excluding diaryl/α,β-unsaturated/α-hetero) is 1. The Morgan fingerprint density at radius 2 is 1.32 bits per heavy atom. The number of aliphatic imine (C=N–C) groups is 2. The van der Waals surface area contributed by atoms with Crippen LogP contribution in [0.25, 0.3) is 0 Å². The lowest BCUT2D eigenvalue weighted by Crippen LogP contribution is -2.52. The number of nitrogens with one attached hydrogen (secondary N) is 4. The fourth-order valence-electron chi connectivity index (χ4n) is 4.77. The molecule has 0 aliphatic rings. The Bertz CT molecular complexity index is 1670. The summed E-state index contributed by atoms with van der Waals surface area (Å²) in [7, 11) is 2.32. The number of carboxylic acid groups (broad SMARTS) is 1. The van der Waals surface area contributed by atoms with Crippen LogP contribution in [0.2, 0.25) is 0 Å². The number of ether oxygens (including phenoxy) is 4. The Balaban J connectivity index is 2.19. The highest BCUT2D eigenvalue weighted by Gasteiger charge is 2.25. The summed E-state index contributed by atoms with van der Waals surface area (Å²) in [5, 5.41) is 30.7. The number of rotatable bonds is 35. The number of hydrogen-bond donors (Lipinski definition) is 10. The molecule has 4 amide bonds. The summed E-state index contributed by atoms with van der Waals surface area (Å²) in [4.78, 5) is 91.8. The maximum Gasteiger partial charge on any atom is 0.342 e. The van der Waals surface area contributed by atoms with E-state index in [0.29, 0.717) is 17.7 Å². The van der Waals surface area contributed by atoms with Gasteiger partial charge in [-0.1, -0.05) is 21.6 Å². The number of carbonyl (C=O) groups excluding carboxylic acids is 5. The van der Waals surface area contributed by atoms with Crippen molar-refractivity contribution >= 4 is 74.6 Å². The number of carbonyl (C=O) groups is 6. The zero-order valence-electron chi connectivity index (χ0n) is 34.4. The summed E-state index contributed by atoms with van der Waals surface area (Å²) >= 11 is 0. The number of guanidine groups is 2. The third-order valence-electron chi connectivity index (χ3n) is 7.81. The Morgan fingerprint density at radius 3 is 1.87 bits per heavy atom. The minimum Gasteiger partial charge on any atom is -0.477 e. The minimum atomic E-state index is -1.42. The highest BCUT2D eigenvalue weighted by molar-refractivity contribution is 8.76. The van der Waals surface area contributed by atoms with Crippen molar-refractivity contribution in [2.45, 2.75) is 55.6 Å². The van der Waals surface area contributed by atoms with Crippen molar-refractivity contribution in [2.24, 2.45) is 38.7 Å². The van der Waals surface area contributed by atoms with Crippen LogP contribution in [0.1, 0.15) is 43.0 Å². The molecule has 0 saturated carbocycles. The number of ketones is 1. The van der Waals surface area contributed by atoms with Gasteiger partial charge in [0.05, 0.1) is 56.6 Å². The van der Waals surface area contributed by atoms with Gasteiger partial charge in [0.25, 0.3) is 5.69 Å². The van der Waals surface area contributed by atoms with Gasteiger partial charge in [0.15, 0.2) is 17.7 Å². The van der Waals surface area contributed by atoms with Crippen LogP contribution in [-0.2, 0) is 42.9 Å². The van der Waals surface area contributed by atoms with Gasteiger partial charge < -0.3 is 74.0 Å². The van der Waals surface area contributed by atoms with Crippen LogP contribution in [0.4, 0.5) is 5.69 Å². The standard InChI is InChI=1S/C35H58N12O13S2/c1-22(48)26(4-2-8-43-34(37)38)46-32(52)27(5-3-9-44-35(39)40)45-30(50)20-60-17-15-57-12-10-41-29(49)19-59-16-14-58-13-11-42-31(51)25(36)21-61-62-23-6-7-28(47(55)56)24(18-23)33(53)54/h6-7,18,25-27H,2-5,8-17,19-21,36H2,1H3,(H,41,49)(H,42,51)(H,45,50)(H,46,52)(H,53,54)(H4,37,38,43)(H4,39,40,44)/t25-,26-,27-/m0/s1. The molecule has 27 heteroatoms.